The van der Waals surface area contributed by atoms with E-state index in [1.807, 2.05) is 27.7 Å². The molecule has 0 unspecified atom stereocenters. The van der Waals surface area contributed by atoms with Crippen molar-refractivity contribution < 1.29 is 0 Å². The van der Waals surface area contributed by atoms with Crippen molar-refractivity contribution in [3.8, 4) is 24.0 Å². The highest BCUT2D eigenvalue weighted by atomic mass is 14.2. The summed E-state index contributed by atoms with van der Waals surface area (Å²) in [4.78, 5) is 0. The number of benzene rings is 4. The molecule has 31 heavy (non-hydrogen) atoms. The summed E-state index contributed by atoms with van der Waals surface area (Å²) in [5.74, 6) is 0. The van der Waals surface area contributed by atoms with E-state index in [0.29, 0.717) is 0 Å². The SMILES string of the molecule is C#C.CC.CC.CCc1c(C)cc2ccccc2c1-c1c(C)c(C)cc2ccccc12. The lowest BCUT2D eigenvalue weighted by Crippen LogP contribution is -1.98. The lowest BCUT2D eigenvalue weighted by atomic mass is 9.83. The Morgan fingerprint density at radius 2 is 1.03 bits per heavy atom. The summed E-state index contributed by atoms with van der Waals surface area (Å²) in [5.41, 5.74) is 8.45. The number of aryl methyl sites for hydroxylation is 2. The second-order valence-electron chi connectivity index (χ2n) is 7.04. The van der Waals surface area contributed by atoms with Crippen LogP contribution in [0.1, 0.15) is 56.9 Å². The Kier molecular flexibility index (Phi) is 10.6. The molecule has 0 atom stereocenters. The first-order chi connectivity index (χ1) is 15.1. The molecule has 0 radical (unpaired) electrons. The van der Waals surface area contributed by atoms with Crippen molar-refractivity contribution in [3.05, 3.63) is 82.9 Å². The average Bonchev–Trinajstić information content (AvgIpc) is 2.83. The molecule has 0 aliphatic heterocycles. The molecule has 162 valence electrons. The van der Waals surface area contributed by atoms with E-state index in [9.17, 15) is 0 Å². The van der Waals surface area contributed by atoms with Crippen LogP contribution in [0, 0.1) is 33.6 Å². The van der Waals surface area contributed by atoms with Crippen molar-refractivity contribution in [1.82, 2.24) is 0 Å². The van der Waals surface area contributed by atoms with Gasteiger partial charge >= 0.3 is 0 Å². The molecule has 4 aromatic carbocycles. The second-order valence-corrected chi connectivity index (χ2v) is 7.04. The normalized spacial score (nSPS) is 9.61. The highest BCUT2D eigenvalue weighted by Gasteiger charge is 2.17. The number of terminal acetylenes is 1. The Morgan fingerprint density at radius 3 is 1.52 bits per heavy atom. The van der Waals surface area contributed by atoms with E-state index >= 15 is 0 Å². The minimum Gasteiger partial charge on any atom is -0.124 e. The van der Waals surface area contributed by atoms with Crippen molar-refractivity contribution in [2.45, 2.75) is 61.8 Å². The predicted octanol–water partition coefficient (Wildman–Crippen LogP) is 9.45. The van der Waals surface area contributed by atoms with Crippen LogP contribution in [0.15, 0.2) is 60.7 Å². The highest BCUT2D eigenvalue weighted by Crippen LogP contribution is 2.41. The van der Waals surface area contributed by atoms with Gasteiger partial charge in [-0.15, -0.1) is 12.8 Å². The summed E-state index contributed by atoms with van der Waals surface area (Å²) in [5, 5.41) is 5.38. The molecule has 0 saturated heterocycles. The van der Waals surface area contributed by atoms with Gasteiger partial charge in [0.15, 0.2) is 0 Å². The first kappa shape index (κ1) is 26.0. The fourth-order valence-electron chi connectivity index (χ4n) is 4.19. The number of hydrogen-bond donors (Lipinski definition) is 0. The topological polar surface area (TPSA) is 0 Å². The fourth-order valence-corrected chi connectivity index (χ4v) is 4.19. The lowest BCUT2D eigenvalue weighted by molar-refractivity contribution is 1.12. The Bertz CT molecular complexity index is 1140. The van der Waals surface area contributed by atoms with Crippen LogP contribution in [0.4, 0.5) is 0 Å². The summed E-state index contributed by atoms with van der Waals surface area (Å²) in [6.45, 7) is 17.0. The zero-order chi connectivity index (χ0) is 23.6. The van der Waals surface area contributed by atoms with Crippen LogP contribution in [0.25, 0.3) is 32.7 Å². The molecule has 4 aromatic rings. The molecule has 0 spiro atoms. The maximum absolute atomic E-state index is 4.00. The van der Waals surface area contributed by atoms with Crippen LogP contribution >= 0.6 is 0 Å². The fraction of sp³-hybridized carbons (Fsp3) is 0.290. The van der Waals surface area contributed by atoms with Crippen molar-refractivity contribution in [2.75, 3.05) is 0 Å². The maximum atomic E-state index is 4.00. The molecular formula is C31H38. The lowest BCUT2D eigenvalue weighted by Gasteiger charge is -2.20. The van der Waals surface area contributed by atoms with Crippen LogP contribution < -0.4 is 0 Å². The molecule has 0 aliphatic carbocycles. The van der Waals surface area contributed by atoms with Crippen molar-refractivity contribution in [3.63, 3.8) is 0 Å². The van der Waals surface area contributed by atoms with E-state index in [1.165, 1.54) is 54.9 Å². The summed E-state index contributed by atoms with van der Waals surface area (Å²) in [7, 11) is 0. The quantitative estimate of drug-likeness (QED) is 0.289. The predicted molar refractivity (Wildman–Crippen MR) is 143 cm³/mol. The largest absolute Gasteiger partial charge is 0.124 e. The van der Waals surface area contributed by atoms with Gasteiger partial charge < -0.3 is 0 Å². The molecule has 0 amide bonds. The van der Waals surface area contributed by atoms with Crippen LogP contribution in [-0.4, -0.2) is 0 Å². The van der Waals surface area contributed by atoms with Crippen molar-refractivity contribution in [1.29, 1.82) is 0 Å². The molecule has 0 N–H and O–H groups in total. The van der Waals surface area contributed by atoms with Crippen molar-refractivity contribution in [2.24, 2.45) is 0 Å². The molecule has 0 saturated carbocycles. The molecule has 0 aliphatic rings. The molecule has 0 aromatic heterocycles. The maximum Gasteiger partial charge on any atom is -0.00618 e. The van der Waals surface area contributed by atoms with Crippen LogP contribution in [-0.2, 0) is 6.42 Å². The molecule has 0 nitrogen and oxygen atoms in total. The van der Waals surface area contributed by atoms with Gasteiger partial charge in [-0.3, -0.25) is 0 Å². The molecule has 0 heterocycles. The first-order valence-electron chi connectivity index (χ1n) is 11.5. The van der Waals surface area contributed by atoms with E-state index in [1.54, 1.807) is 0 Å². The summed E-state index contributed by atoms with van der Waals surface area (Å²) in [6, 6.07) is 22.3. The van der Waals surface area contributed by atoms with Crippen LogP contribution in [0.5, 0.6) is 0 Å². The van der Waals surface area contributed by atoms with E-state index in [-0.39, 0.29) is 0 Å². The van der Waals surface area contributed by atoms with Gasteiger partial charge in [-0.05, 0) is 82.1 Å². The van der Waals surface area contributed by atoms with E-state index in [4.69, 9.17) is 0 Å². The minimum absolute atomic E-state index is 1.05. The van der Waals surface area contributed by atoms with Gasteiger partial charge in [-0.2, -0.15) is 0 Å². The van der Waals surface area contributed by atoms with E-state index in [0.717, 1.165) is 6.42 Å². The monoisotopic (exact) mass is 410 g/mol. The molecule has 4 rings (SSSR count). The Morgan fingerprint density at radius 1 is 0.613 bits per heavy atom. The first-order valence-corrected chi connectivity index (χ1v) is 11.5. The molecular weight excluding hydrogens is 372 g/mol. The summed E-state index contributed by atoms with van der Waals surface area (Å²) >= 11 is 0. The van der Waals surface area contributed by atoms with Gasteiger partial charge in [0.05, 0.1) is 0 Å². The molecule has 0 heteroatoms. The third-order valence-electron chi connectivity index (χ3n) is 5.55. The third-order valence-corrected chi connectivity index (χ3v) is 5.55. The van der Waals surface area contributed by atoms with Gasteiger partial charge in [0.25, 0.3) is 0 Å². The van der Waals surface area contributed by atoms with Gasteiger partial charge in [-0.25, -0.2) is 0 Å². The summed E-state index contributed by atoms with van der Waals surface area (Å²) < 4.78 is 0. The smallest absolute Gasteiger partial charge is 0.00618 e. The summed E-state index contributed by atoms with van der Waals surface area (Å²) in [6.07, 6.45) is 9.05. The Labute approximate surface area is 190 Å². The van der Waals surface area contributed by atoms with Gasteiger partial charge in [0, 0.05) is 0 Å². The third kappa shape index (κ3) is 5.18. The number of fused-ring (bicyclic) bond motifs is 2. The van der Waals surface area contributed by atoms with Crippen molar-refractivity contribution >= 4 is 21.5 Å². The highest BCUT2D eigenvalue weighted by molar-refractivity contribution is 6.08. The second kappa shape index (κ2) is 12.6. The van der Waals surface area contributed by atoms with Crippen LogP contribution in [0.3, 0.4) is 0 Å². The zero-order valence-electron chi connectivity index (χ0n) is 20.6. The number of hydrogen-bond acceptors (Lipinski definition) is 0. The van der Waals surface area contributed by atoms with E-state index < -0.39 is 0 Å². The minimum atomic E-state index is 1.05. The van der Waals surface area contributed by atoms with Gasteiger partial charge in [0.1, 0.15) is 0 Å². The van der Waals surface area contributed by atoms with Crippen LogP contribution in [0.2, 0.25) is 0 Å². The Balaban J connectivity index is 0.000000739. The van der Waals surface area contributed by atoms with E-state index in [2.05, 4.69) is 101 Å². The standard InChI is InChI=1S/C25H24.2C2H6.C2H2/c1-5-21-17(3)15-20-11-7-9-13-23(20)25(21)24-18(4)16(2)14-19-10-6-8-12-22(19)24;3*1-2/h6-15H,5H2,1-4H3;2*1-2H3;1-2H. The number of rotatable bonds is 2. The molecule has 0 fully saturated rings. The zero-order valence-corrected chi connectivity index (χ0v) is 20.6. The van der Waals surface area contributed by atoms with Gasteiger partial charge in [0.2, 0.25) is 0 Å². The Hall–Kier alpha value is -3.04. The van der Waals surface area contributed by atoms with Gasteiger partial charge in [-0.1, -0.05) is 95.3 Å². The molecule has 0 bridgehead atoms. The average molecular weight is 411 g/mol.